The Morgan fingerprint density at radius 2 is 1.84 bits per heavy atom. The van der Waals surface area contributed by atoms with Gasteiger partial charge in [-0.2, -0.15) is 0 Å². The van der Waals surface area contributed by atoms with E-state index in [0.29, 0.717) is 6.61 Å². The van der Waals surface area contributed by atoms with Gasteiger partial charge >= 0.3 is 5.97 Å². The first-order valence-electron chi connectivity index (χ1n) is 7.54. The first kappa shape index (κ1) is 16.4. The average Bonchev–Trinajstić information content (AvgIpc) is 2.38. The normalized spacial score (nSPS) is 18.5. The molecular weight excluding hydrogens is 240 g/mol. The van der Waals surface area contributed by atoms with Crippen molar-refractivity contribution in [2.24, 2.45) is 5.41 Å². The third kappa shape index (κ3) is 5.91. The number of esters is 1. The minimum absolute atomic E-state index is 0.0462. The zero-order chi connectivity index (χ0) is 14.3. The second-order valence-electron chi connectivity index (χ2n) is 6.27. The molecule has 0 aromatic heterocycles. The van der Waals surface area contributed by atoms with E-state index in [0.717, 1.165) is 52.0 Å². The predicted octanol–water partition coefficient (Wildman–Crippen LogP) is 1.99. The highest BCUT2D eigenvalue weighted by Crippen LogP contribution is 2.23. The summed E-state index contributed by atoms with van der Waals surface area (Å²) in [4.78, 5) is 16.8. The van der Waals surface area contributed by atoms with Crippen LogP contribution in [0.15, 0.2) is 0 Å². The van der Waals surface area contributed by atoms with Crippen LogP contribution in [-0.2, 0) is 9.53 Å². The SMILES string of the molecule is CCCCOC(=O)C(C)(C)CCN1CCN(C)CC1. The summed E-state index contributed by atoms with van der Waals surface area (Å²) in [7, 11) is 2.16. The number of hydrogen-bond acceptors (Lipinski definition) is 4. The van der Waals surface area contributed by atoms with Gasteiger partial charge in [-0.25, -0.2) is 0 Å². The molecule has 19 heavy (non-hydrogen) atoms. The molecule has 0 aliphatic carbocycles. The van der Waals surface area contributed by atoms with Crippen LogP contribution in [0.1, 0.15) is 40.0 Å². The molecule has 0 amide bonds. The summed E-state index contributed by atoms with van der Waals surface area (Å²) in [6.07, 6.45) is 2.90. The quantitative estimate of drug-likeness (QED) is 0.523. The van der Waals surface area contributed by atoms with E-state index < -0.39 is 0 Å². The van der Waals surface area contributed by atoms with Gasteiger partial charge in [0.05, 0.1) is 12.0 Å². The van der Waals surface area contributed by atoms with Crippen molar-refractivity contribution in [3.8, 4) is 0 Å². The Hall–Kier alpha value is -0.610. The first-order valence-corrected chi connectivity index (χ1v) is 7.54. The van der Waals surface area contributed by atoms with Gasteiger partial charge in [-0.05, 0) is 40.3 Å². The first-order chi connectivity index (χ1) is 8.95. The minimum Gasteiger partial charge on any atom is -0.465 e. The van der Waals surface area contributed by atoms with Crippen LogP contribution < -0.4 is 0 Å². The van der Waals surface area contributed by atoms with Gasteiger partial charge < -0.3 is 14.5 Å². The van der Waals surface area contributed by atoms with Crippen molar-refractivity contribution in [2.45, 2.75) is 40.0 Å². The summed E-state index contributed by atoms with van der Waals surface area (Å²) in [6, 6.07) is 0. The number of unbranched alkanes of at least 4 members (excludes halogenated alkanes) is 1. The van der Waals surface area contributed by atoms with Crippen LogP contribution in [0, 0.1) is 5.41 Å². The summed E-state index contributed by atoms with van der Waals surface area (Å²) >= 11 is 0. The summed E-state index contributed by atoms with van der Waals surface area (Å²) in [5.41, 5.74) is -0.364. The molecule has 4 nitrogen and oxygen atoms in total. The Bertz CT molecular complexity index is 271. The molecule has 1 aliphatic heterocycles. The maximum atomic E-state index is 12.0. The molecule has 0 spiro atoms. The van der Waals surface area contributed by atoms with Gasteiger partial charge in [0.15, 0.2) is 0 Å². The minimum atomic E-state index is -0.364. The highest BCUT2D eigenvalue weighted by molar-refractivity contribution is 5.75. The van der Waals surface area contributed by atoms with E-state index in [1.54, 1.807) is 0 Å². The van der Waals surface area contributed by atoms with Crippen molar-refractivity contribution in [1.82, 2.24) is 9.80 Å². The van der Waals surface area contributed by atoms with Crippen LogP contribution in [0.25, 0.3) is 0 Å². The lowest BCUT2D eigenvalue weighted by Gasteiger charge is -2.34. The third-order valence-corrected chi connectivity index (χ3v) is 3.93. The van der Waals surface area contributed by atoms with E-state index in [1.807, 2.05) is 13.8 Å². The van der Waals surface area contributed by atoms with Crippen molar-refractivity contribution >= 4 is 5.97 Å². The summed E-state index contributed by atoms with van der Waals surface area (Å²) in [5, 5.41) is 0. The Balaban J connectivity index is 2.27. The monoisotopic (exact) mass is 270 g/mol. The summed E-state index contributed by atoms with van der Waals surface area (Å²) < 4.78 is 5.34. The Kier molecular flexibility index (Phi) is 6.80. The molecule has 112 valence electrons. The second kappa shape index (κ2) is 7.85. The van der Waals surface area contributed by atoms with Crippen LogP contribution in [0.4, 0.5) is 0 Å². The van der Waals surface area contributed by atoms with E-state index in [2.05, 4.69) is 23.8 Å². The van der Waals surface area contributed by atoms with E-state index in [1.165, 1.54) is 0 Å². The van der Waals surface area contributed by atoms with Gasteiger partial charge in [0.1, 0.15) is 0 Å². The lowest BCUT2D eigenvalue weighted by molar-refractivity contribution is -0.154. The Labute approximate surface area is 118 Å². The molecule has 0 saturated carbocycles. The van der Waals surface area contributed by atoms with Gasteiger partial charge in [-0.3, -0.25) is 4.79 Å². The number of hydrogen-bond donors (Lipinski definition) is 0. The van der Waals surface area contributed by atoms with Gasteiger partial charge in [-0.15, -0.1) is 0 Å². The summed E-state index contributed by atoms with van der Waals surface area (Å²) in [6.45, 7) is 12.1. The Morgan fingerprint density at radius 3 is 2.42 bits per heavy atom. The Morgan fingerprint density at radius 1 is 1.21 bits per heavy atom. The number of likely N-dealkylation sites (N-methyl/N-ethyl adjacent to an activating group) is 1. The molecule has 4 heteroatoms. The van der Waals surface area contributed by atoms with Crippen LogP contribution >= 0.6 is 0 Å². The number of carbonyl (C=O) groups excluding carboxylic acids is 1. The molecule has 0 aromatic rings. The molecule has 1 aliphatic rings. The van der Waals surface area contributed by atoms with Crippen LogP contribution in [0.2, 0.25) is 0 Å². The highest BCUT2D eigenvalue weighted by atomic mass is 16.5. The average molecular weight is 270 g/mol. The molecule has 0 aromatic carbocycles. The van der Waals surface area contributed by atoms with Crippen molar-refractivity contribution < 1.29 is 9.53 Å². The lowest BCUT2D eigenvalue weighted by atomic mass is 9.89. The zero-order valence-electron chi connectivity index (χ0n) is 13.1. The van der Waals surface area contributed by atoms with E-state index in [-0.39, 0.29) is 11.4 Å². The van der Waals surface area contributed by atoms with Crippen LogP contribution in [0.5, 0.6) is 0 Å². The lowest BCUT2D eigenvalue weighted by Crippen LogP contribution is -2.45. The van der Waals surface area contributed by atoms with E-state index in [4.69, 9.17) is 4.74 Å². The van der Waals surface area contributed by atoms with Crippen molar-refractivity contribution in [2.75, 3.05) is 46.4 Å². The largest absolute Gasteiger partial charge is 0.465 e. The maximum Gasteiger partial charge on any atom is 0.311 e. The molecule has 0 N–H and O–H groups in total. The fraction of sp³-hybridized carbons (Fsp3) is 0.933. The van der Waals surface area contributed by atoms with Gasteiger partial charge in [0, 0.05) is 26.2 Å². The molecule has 0 bridgehead atoms. The van der Waals surface area contributed by atoms with Crippen LogP contribution in [0.3, 0.4) is 0 Å². The number of rotatable bonds is 7. The number of piperazine rings is 1. The van der Waals surface area contributed by atoms with E-state index in [9.17, 15) is 4.79 Å². The van der Waals surface area contributed by atoms with Gasteiger partial charge in [-0.1, -0.05) is 13.3 Å². The number of ether oxygens (including phenoxy) is 1. The molecule has 1 saturated heterocycles. The standard InChI is InChI=1S/C15H30N2O2/c1-5-6-13-19-14(18)15(2,3)7-8-17-11-9-16(4)10-12-17/h5-13H2,1-4H3. The molecule has 1 heterocycles. The molecule has 0 radical (unpaired) electrons. The fourth-order valence-electron chi connectivity index (χ4n) is 2.12. The zero-order valence-corrected chi connectivity index (χ0v) is 13.1. The topological polar surface area (TPSA) is 32.8 Å². The third-order valence-electron chi connectivity index (χ3n) is 3.93. The number of nitrogens with zero attached hydrogens (tertiary/aromatic N) is 2. The van der Waals surface area contributed by atoms with Crippen molar-refractivity contribution in [3.63, 3.8) is 0 Å². The molecular formula is C15H30N2O2. The molecule has 1 fully saturated rings. The fourth-order valence-corrected chi connectivity index (χ4v) is 2.12. The smallest absolute Gasteiger partial charge is 0.311 e. The van der Waals surface area contributed by atoms with Crippen LogP contribution in [-0.4, -0.2) is 62.1 Å². The molecule has 0 atom stereocenters. The molecule has 0 unspecified atom stereocenters. The summed E-state index contributed by atoms with van der Waals surface area (Å²) in [5.74, 6) is -0.0462. The van der Waals surface area contributed by atoms with Gasteiger partial charge in [0.2, 0.25) is 0 Å². The van der Waals surface area contributed by atoms with Crippen molar-refractivity contribution in [3.05, 3.63) is 0 Å². The van der Waals surface area contributed by atoms with Gasteiger partial charge in [0.25, 0.3) is 0 Å². The van der Waals surface area contributed by atoms with E-state index >= 15 is 0 Å². The highest BCUT2D eigenvalue weighted by Gasteiger charge is 2.30. The predicted molar refractivity (Wildman–Crippen MR) is 78.2 cm³/mol. The second-order valence-corrected chi connectivity index (χ2v) is 6.27. The maximum absolute atomic E-state index is 12.0. The molecule has 1 rings (SSSR count). The number of carbonyl (C=O) groups is 1. The van der Waals surface area contributed by atoms with Crippen molar-refractivity contribution in [1.29, 1.82) is 0 Å².